The number of aryl methyl sites for hydroxylation is 1. The minimum absolute atomic E-state index is 0.325. The number of benzene rings is 1. The van der Waals surface area contributed by atoms with Crippen molar-refractivity contribution in [2.75, 3.05) is 0 Å². The summed E-state index contributed by atoms with van der Waals surface area (Å²) in [4.78, 5) is 10.2. The van der Waals surface area contributed by atoms with E-state index in [1.165, 1.54) is 12.1 Å². The van der Waals surface area contributed by atoms with Gasteiger partial charge in [-0.05, 0) is 24.8 Å². The van der Waals surface area contributed by atoms with E-state index in [9.17, 15) is 14.5 Å². The molecule has 0 radical (unpaired) electrons. The second-order valence-electron chi connectivity index (χ2n) is 3.55. The van der Waals surface area contributed by atoms with Gasteiger partial charge in [-0.1, -0.05) is 35.0 Å². The van der Waals surface area contributed by atoms with Gasteiger partial charge in [0.05, 0.1) is 4.92 Å². The van der Waals surface area contributed by atoms with E-state index in [0.29, 0.717) is 16.8 Å². The molecule has 1 aromatic rings. The first-order chi connectivity index (χ1) is 7.56. The minimum atomic E-state index is -0.705. The van der Waals surface area contributed by atoms with Gasteiger partial charge >= 0.3 is 5.69 Å². The maximum Gasteiger partial charge on any atom is 0.305 e. The maximum atomic E-state index is 13.6. The van der Waals surface area contributed by atoms with Gasteiger partial charge in [-0.3, -0.25) is 10.1 Å². The van der Waals surface area contributed by atoms with E-state index in [4.69, 9.17) is 0 Å². The molecular formula is C11H13BrFNO2. The van der Waals surface area contributed by atoms with Gasteiger partial charge in [-0.25, -0.2) is 0 Å². The number of nitrogens with zero attached hydrogens (tertiary/aromatic N) is 1. The molecule has 0 saturated carbocycles. The van der Waals surface area contributed by atoms with E-state index >= 15 is 0 Å². The average molecular weight is 290 g/mol. The number of rotatable bonds is 5. The lowest BCUT2D eigenvalue weighted by Crippen LogP contribution is -2.02. The zero-order valence-electron chi connectivity index (χ0n) is 8.95. The number of hydrogen-bond acceptors (Lipinski definition) is 2. The van der Waals surface area contributed by atoms with E-state index in [2.05, 4.69) is 15.9 Å². The molecule has 0 aromatic heterocycles. The molecule has 88 valence electrons. The van der Waals surface area contributed by atoms with Crippen molar-refractivity contribution in [3.8, 4) is 0 Å². The standard InChI is InChI=1S/C11H13BrFNO2/c1-2-9(12)7-6-8-4-3-5-10(11(8)13)14(15)16/h3-5,9H,2,6-7H2,1H3. The number of hydrogen-bond donors (Lipinski definition) is 0. The van der Waals surface area contributed by atoms with Crippen molar-refractivity contribution in [3.05, 3.63) is 39.7 Å². The molecular weight excluding hydrogens is 277 g/mol. The van der Waals surface area contributed by atoms with Gasteiger partial charge in [-0.2, -0.15) is 4.39 Å². The van der Waals surface area contributed by atoms with Crippen LogP contribution in [0.3, 0.4) is 0 Å². The molecule has 3 nitrogen and oxygen atoms in total. The summed E-state index contributed by atoms with van der Waals surface area (Å²) in [5, 5.41) is 10.5. The van der Waals surface area contributed by atoms with Crippen molar-refractivity contribution in [2.45, 2.75) is 31.0 Å². The van der Waals surface area contributed by atoms with Gasteiger partial charge in [0.15, 0.2) is 0 Å². The van der Waals surface area contributed by atoms with E-state index < -0.39 is 16.4 Å². The van der Waals surface area contributed by atoms with Crippen LogP contribution >= 0.6 is 15.9 Å². The second-order valence-corrected chi connectivity index (χ2v) is 4.85. The predicted octanol–water partition coefficient (Wildman–Crippen LogP) is 3.84. The quantitative estimate of drug-likeness (QED) is 0.470. The molecule has 0 aliphatic carbocycles. The third-order valence-electron chi connectivity index (χ3n) is 2.42. The van der Waals surface area contributed by atoms with Crippen LogP contribution in [0.5, 0.6) is 0 Å². The van der Waals surface area contributed by atoms with Crippen LogP contribution < -0.4 is 0 Å². The smallest absolute Gasteiger partial charge is 0.258 e. The van der Waals surface area contributed by atoms with Gasteiger partial charge in [0.2, 0.25) is 5.82 Å². The maximum absolute atomic E-state index is 13.6. The third kappa shape index (κ3) is 3.27. The lowest BCUT2D eigenvalue weighted by atomic mass is 10.1. The molecule has 0 aliphatic rings. The molecule has 1 aromatic carbocycles. The fraction of sp³-hybridized carbons (Fsp3) is 0.455. The van der Waals surface area contributed by atoms with Crippen molar-refractivity contribution < 1.29 is 9.31 Å². The average Bonchev–Trinajstić information content (AvgIpc) is 2.26. The summed E-state index contributed by atoms with van der Waals surface area (Å²) < 4.78 is 13.6. The van der Waals surface area contributed by atoms with Gasteiger partial charge in [0.25, 0.3) is 0 Å². The highest BCUT2D eigenvalue weighted by Gasteiger charge is 2.17. The summed E-state index contributed by atoms with van der Waals surface area (Å²) in [6, 6.07) is 4.30. The van der Waals surface area contributed by atoms with Crippen molar-refractivity contribution >= 4 is 21.6 Å². The van der Waals surface area contributed by atoms with E-state index in [-0.39, 0.29) is 0 Å². The molecule has 1 atom stereocenters. The Morgan fingerprint density at radius 2 is 2.25 bits per heavy atom. The highest BCUT2D eigenvalue weighted by Crippen LogP contribution is 2.22. The fourth-order valence-electron chi connectivity index (χ4n) is 1.42. The van der Waals surface area contributed by atoms with Crippen molar-refractivity contribution in [1.29, 1.82) is 0 Å². The summed E-state index contributed by atoms with van der Waals surface area (Å²) in [6.07, 6.45) is 2.24. The molecule has 1 unspecified atom stereocenters. The number of nitro benzene ring substituents is 1. The molecule has 0 spiro atoms. The largest absolute Gasteiger partial charge is 0.305 e. The molecule has 1 rings (SSSR count). The number of nitro groups is 1. The SMILES string of the molecule is CCC(Br)CCc1cccc([N+](=O)[O-])c1F. The van der Waals surface area contributed by atoms with E-state index in [1.807, 2.05) is 6.92 Å². The molecule has 5 heteroatoms. The summed E-state index contributed by atoms with van der Waals surface area (Å²) in [7, 11) is 0. The first kappa shape index (κ1) is 13.1. The summed E-state index contributed by atoms with van der Waals surface area (Å²) >= 11 is 3.45. The molecule has 0 N–H and O–H groups in total. The Morgan fingerprint density at radius 3 is 2.81 bits per heavy atom. The Kier molecular flexibility index (Phi) is 4.86. The summed E-state index contributed by atoms with van der Waals surface area (Å²) in [6.45, 7) is 2.03. The van der Waals surface area contributed by atoms with Crippen LogP contribution in [0, 0.1) is 15.9 Å². The normalized spacial score (nSPS) is 12.4. The van der Waals surface area contributed by atoms with E-state index in [1.54, 1.807) is 6.07 Å². The van der Waals surface area contributed by atoms with Gasteiger partial charge in [0.1, 0.15) is 0 Å². The van der Waals surface area contributed by atoms with Crippen molar-refractivity contribution in [2.24, 2.45) is 0 Å². The zero-order chi connectivity index (χ0) is 12.1. The van der Waals surface area contributed by atoms with Crippen LogP contribution in [0.15, 0.2) is 18.2 Å². The van der Waals surface area contributed by atoms with Gasteiger partial charge in [-0.15, -0.1) is 0 Å². The first-order valence-electron chi connectivity index (χ1n) is 5.12. The zero-order valence-corrected chi connectivity index (χ0v) is 10.5. The van der Waals surface area contributed by atoms with Crippen molar-refractivity contribution in [1.82, 2.24) is 0 Å². The summed E-state index contributed by atoms with van der Waals surface area (Å²) in [5.41, 5.74) is -0.0350. The molecule has 0 heterocycles. The highest BCUT2D eigenvalue weighted by molar-refractivity contribution is 9.09. The van der Waals surface area contributed by atoms with Crippen LogP contribution in [-0.4, -0.2) is 9.75 Å². The Hall–Kier alpha value is -0.970. The van der Waals surface area contributed by atoms with Gasteiger partial charge in [0, 0.05) is 10.9 Å². The molecule has 0 bridgehead atoms. The third-order valence-corrected chi connectivity index (χ3v) is 3.53. The van der Waals surface area contributed by atoms with Gasteiger partial charge < -0.3 is 0 Å². The van der Waals surface area contributed by atoms with Crippen LogP contribution in [0.2, 0.25) is 0 Å². The summed E-state index contributed by atoms with van der Waals surface area (Å²) in [5.74, 6) is -0.705. The topological polar surface area (TPSA) is 43.1 Å². The lowest BCUT2D eigenvalue weighted by Gasteiger charge is -2.07. The highest BCUT2D eigenvalue weighted by atomic mass is 79.9. The minimum Gasteiger partial charge on any atom is -0.258 e. The number of halogens is 2. The molecule has 0 aliphatic heterocycles. The lowest BCUT2D eigenvalue weighted by molar-refractivity contribution is -0.387. The van der Waals surface area contributed by atoms with E-state index in [0.717, 1.165) is 12.8 Å². The van der Waals surface area contributed by atoms with Crippen LogP contribution in [0.4, 0.5) is 10.1 Å². The number of alkyl halides is 1. The predicted molar refractivity (Wildman–Crippen MR) is 64.4 cm³/mol. The Balaban J connectivity index is 2.81. The molecule has 0 saturated heterocycles. The fourth-order valence-corrected chi connectivity index (χ4v) is 1.65. The molecule has 0 amide bonds. The van der Waals surface area contributed by atoms with Crippen LogP contribution in [-0.2, 0) is 6.42 Å². The monoisotopic (exact) mass is 289 g/mol. The Morgan fingerprint density at radius 1 is 1.56 bits per heavy atom. The van der Waals surface area contributed by atoms with Crippen LogP contribution in [0.25, 0.3) is 0 Å². The second kappa shape index (κ2) is 5.94. The van der Waals surface area contributed by atoms with Crippen molar-refractivity contribution in [3.63, 3.8) is 0 Å². The Labute approximate surface area is 102 Å². The molecule has 0 fully saturated rings. The molecule has 16 heavy (non-hydrogen) atoms. The van der Waals surface area contributed by atoms with Crippen LogP contribution in [0.1, 0.15) is 25.3 Å². The Bertz CT molecular complexity index is 384. The first-order valence-corrected chi connectivity index (χ1v) is 6.03.